The predicted octanol–water partition coefficient (Wildman–Crippen LogP) is 2.25. The third kappa shape index (κ3) is 3.76. The van der Waals surface area contributed by atoms with Crippen LogP contribution in [0.4, 0.5) is 10.3 Å². The van der Waals surface area contributed by atoms with Crippen LogP contribution in [0.1, 0.15) is 17.8 Å². The molecule has 1 aliphatic heterocycles. The molecule has 23 heavy (non-hydrogen) atoms. The van der Waals surface area contributed by atoms with E-state index in [1.165, 1.54) is 12.1 Å². The fourth-order valence-electron chi connectivity index (χ4n) is 2.74. The van der Waals surface area contributed by atoms with E-state index in [1.807, 2.05) is 24.8 Å². The Kier molecular flexibility index (Phi) is 4.17. The van der Waals surface area contributed by atoms with Gasteiger partial charge in [-0.1, -0.05) is 0 Å². The second kappa shape index (κ2) is 6.12. The summed E-state index contributed by atoms with van der Waals surface area (Å²) in [5.41, 5.74) is 0.853. The lowest BCUT2D eigenvalue weighted by atomic mass is 10.1. The number of rotatable bonds is 4. The van der Waals surface area contributed by atoms with E-state index in [4.69, 9.17) is 4.74 Å². The van der Waals surface area contributed by atoms with Crippen molar-refractivity contribution in [2.75, 3.05) is 24.6 Å². The van der Waals surface area contributed by atoms with Crippen LogP contribution in [0, 0.1) is 19.7 Å². The third-order valence-electron chi connectivity index (χ3n) is 3.91. The smallest absolute Gasteiger partial charge is 0.225 e. The number of β-amino-alcohol motifs (C(OH)–C–C–N with tert-alkyl or cyclic N) is 1. The largest absolute Gasteiger partial charge is 0.491 e. The maximum Gasteiger partial charge on any atom is 0.225 e. The van der Waals surface area contributed by atoms with Crippen molar-refractivity contribution in [1.29, 1.82) is 0 Å². The minimum Gasteiger partial charge on any atom is -0.491 e. The van der Waals surface area contributed by atoms with Gasteiger partial charge in [-0.2, -0.15) is 0 Å². The van der Waals surface area contributed by atoms with Crippen LogP contribution < -0.4 is 9.64 Å². The van der Waals surface area contributed by atoms with Crippen LogP contribution in [-0.2, 0) is 0 Å². The third-order valence-corrected chi connectivity index (χ3v) is 3.91. The molecule has 0 bridgehead atoms. The average molecular weight is 317 g/mol. The monoisotopic (exact) mass is 317 g/mol. The number of aliphatic hydroxyl groups is 1. The number of anilines is 1. The van der Waals surface area contributed by atoms with E-state index in [-0.39, 0.29) is 12.4 Å². The van der Waals surface area contributed by atoms with Crippen molar-refractivity contribution in [2.24, 2.45) is 0 Å². The highest BCUT2D eigenvalue weighted by Crippen LogP contribution is 2.26. The molecule has 1 unspecified atom stereocenters. The number of benzene rings is 1. The van der Waals surface area contributed by atoms with Crippen molar-refractivity contribution < 1.29 is 14.2 Å². The Bertz CT molecular complexity index is 672. The first-order valence-corrected chi connectivity index (χ1v) is 7.62. The van der Waals surface area contributed by atoms with E-state index in [2.05, 4.69) is 9.97 Å². The van der Waals surface area contributed by atoms with E-state index >= 15 is 0 Å². The fraction of sp³-hybridized carbons (Fsp3) is 0.412. The molecule has 0 spiro atoms. The molecular weight excluding hydrogens is 297 g/mol. The molecule has 0 amide bonds. The summed E-state index contributed by atoms with van der Waals surface area (Å²) in [6.07, 6.45) is 0.574. The van der Waals surface area contributed by atoms with Crippen molar-refractivity contribution in [1.82, 2.24) is 9.97 Å². The van der Waals surface area contributed by atoms with E-state index in [9.17, 15) is 9.50 Å². The zero-order chi connectivity index (χ0) is 16.4. The highest BCUT2D eigenvalue weighted by atomic mass is 19.1. The Hall–Kier alpha value is -2.21. The van der Waals surface area contributed by atoms with E-state index in [0.717, 1.165) is 11.4 Å². The second-order valence-electron chi connectivity index (χ2n) is 6.09. The molecule has 122 valence electrons. The molecule has 2 aromatic rings. The molecule has 1 aromatic carbocycles. The quantitative estimate of drug-likeness (QED) is 0.937. The lowest BCUT2D eigenvalue weighted by Gasteiger charge is -2.23. The minimum absolute atomic E-state index is 0.153. The van der Waals surface area contributed by atoms with Crippen molar-refractivity contribution in [3.8, 4) is 5.75 Å². The normalized spacial score (nSPS) is 20.8. The van der Waals surface area contributed by atoms with Crippen LogP contribution >= 0.6 is 0 Å². The van der Waals surface area contributed by atoms with Gasteiger partial charge >= 0.3 is 0 Å². The number of aryl methyl sites for hydroxylation is 2. The van der Waals surface area contributed by atoms with Gasteiger partial charge in [-0.15, -0.1) is 0 Å². The molecule has 1 fully saturated rings. The highest BCUT2D eigenvalue weighted by molar-refractivity contribution is 5.35. The van der Waals surface area contributed by atoms with Crippen molar-refractivity contribution >= 4 is 5.95 Å². The van der Waals surface area contributed by atoms with Crippen molar-refractivity contribution in [2.45, 2.75) is 25.9 Å². The Morgan fingerprint density at radius 2 is 1.87 bits per heavy atom. The molecule has 0 aliphatic carbocycles. The van der Waals surface area contributed by atoms with E-state index < -0.39 is 5.60 Å². The summed E-state index contributed by atoms with van der Waals surface area (Å²) < 4.78 is 18.5. The molecule has 3 rings (SSSR count). The zero-order valence-corrected chi connectivity index (χ0v) is 13.3. The first-order valence-electron chi connectivity index (χ1n) is 7.62. The molecule has 2 heterocycles. The summed E-state index contributed by atoms with van der Waals surface area (Å²) in [7, 11) is 0. The molecule has 5 nitrogen and oxygen atoms in total. The molecule has 1 aromatic heterocycles. The van der Waals surface area contributed by atoms with Gasteiger partial charge in [0.1, 0.15) is 23.8 Å². The SMILES string of the molecule is Cc1cc(C)nc(N2CCC(O)(COc3ccc(F)cc3)C2)n1. The van der Waals surface area contributed by atoms with Crippen LogP contribution in [-0.4, -0.2) is 40.4 Å². The standard InChI is InChI=1S/C17H20FN3O2/c1-12-9-13(2)20-16(19-12)21-8-7-17(22,10-21)11-23-15-5-3-14(18)4-6-15/h3-6,9,22H,7-8,10-11H2,1-2H3. The van der Waals surface area contributed by atoms with Gasteiger partial charge in [-0.3, -0.25) is 0 Å². The minimum atomic E-state index is -0.963. The molecule has 1 N–H and O–H groups in total. The lowest BCUT2D eigenvalue weighted by molar-refractivity contribution is 0.0144. The van der Waals surface area contributed by atoms with Crippen LogP contribution in [0.2, 0.25) is 0 Å². The van der Waals surface area contributed by atoms with Gasteiger partial charge in [-0.25, -0.2) is 14.4 Å². The molecule has 0 saturated carbocycles. The number of nitrogens with zero attached hydrogens (tertiary/aromatic N) is 3. The van der Waals surface area contributed by atoms with Gasteiger partial charge in [0.25, 0.3) is 0 Å². The Morgan fingerprint density at radius 1 is 1.22 bits per heavy atom. The average Bonchev–Trinajstić information content (AvgIpc) is 2.89. The summed E-state index contributed by atoms with van der Waals surface area (Å²) in [5.74, 6) is 0.871. The highest BCUT2D eigenvalue weighted by Gasteiger charge is 2.38. The van der Waals surface area contributed by atoms with Crippen LogP contribution in [0.3, 0.4) is 0 Å². The van der Waals surface area contributed by atoms with Gasteiger partial charge in [0.05, 0.1) is 6.54 Å². The number of ether oxygens (including phenoxy) is 1. The summed E-state index contributed by atoms with van der Waals surface area (Å²) in [6.45, 7) is 5.10. The van der Waals surface area contributed by atoms with Crippen molar-refractivity contribution in [3.63, 3.8) is 0 Å². The fourth-order valence-corrected chi connectivity index (χ4v) is 2.74. The van der Waals surface area contributed by atoms with Gasteiger partial charge in [-0.05, 0) is 50.6 Å². The topological polar surface area (TPSA) is 58.5 Å². The Morgan fingerprint density at radius 3 is 2.52 bits per heavy atom. The van der Waals surface area contributed by atoms with Crippen molar-refractivity contribution in [3.05, 3.63) is 47.5 Å². The van der Waals surface area contributed by atoms with Gasteiger partial charge in [0, 0.05) is 17.9 Å². The molecular formula is C17H20FN3O2. The van der Waals surface area contributed by atoms with Crippen LogP contribution in [0.25, 0.3) is 0 Å². The summed E-state index contributed by atoms with van der Waals surface area (Å²) in [6, 6.07) is 7.70. The van der Waals surface area contributed by atoms with Gasteiger partial charge < -0.3 is 14.7 Å². The number of hydrogen-bond donors (Lipinski definition) is 1. The number of hydrogen-bond acceptors (Lipinski definition) is 5. The molecule has 6 heteroatoms. The molecule has 1 atom stereocenters. The van der Waals surface area contributed by atoms with E-state index in [1.54, 1.807) is 12.1 Å². The second-order valence-corrected chi connectivity index (χ2v) is 6.09. The first kappa shape index (κ1) is 15.7. The zero-order valence-electron chi connectivity index (χ0n) is 13.3. The summed E-state index contributed by atoms with van der Waals surface area (Å²) in [4.78, 5) is 10.8. The first-order chi connectivity index (χ1) is 10.9. The lowest BCUT2D eigenvalue weighted by Crippen LogP contribution is -2.39. The van der Waals surface area contributed by atoms with Gasteiger partial charge in [0.15, 0.2) is 0 Å². The maximum absolute atomic E-state index is 12.9. The van der Waals surface area contributed by atoms with E-state index in [0.29, 0.717) is 31.2 Å². The maximum atomic E-state index is 12.9. The summed E-state index contributed by atoms with van der Waals surface area (Å²) in [5, 5.41) is 10.7. The Balaban J connectivity index is 1.64. The molecule has 1 aliphatic rings. The predicted molar refractivity (Wildman–Crippen MR) is 85.2 cm³/mol. The number of aromatic nitrogens is 2. The number of halogens is 1. The molecule has 1 saturated heterocycles. The molecule has 0 radical (unpaired) electrons. The van der Waals surface area contributed by atoms with Gasteiger partial charge in [0.2, 0.25) is 5.95 Å². The summed E-state index contributed by atoms with van der Waals surface area (Å²) >= 11 is 0. The Labute approximate surface area is 134 Å². The van der Waals surface area contributed by atoms with Crippen LogP contribution in [0.5, 0.6) is 5.75 Å². The van der Waals surface area contributed by atoms with Crippen LogP contribution in [0.15, 0.2) is 30.3 Å².